The van der Waals surface area contributed by atoms with Crippen molar-refractivity contribution in [2.75, 3.05) is 13.2 Å². The van der Waals surface area contributed by atoms with E-state index in [1.807, 2.05) is 18.2 Å². The Balaban J connectivity index is 1.89. The van der Waals surface area contributed by atoms with Gasteiger partial charge in [0, 0.05) is 6.54 Å². The first-order valence-corrected chi connectivity index (χ1v) is 8.34. The molecule has 0 fully saturated rings. The number of rotatable bonds is 8. The van der Waals surface area contributed by atoms with Crippen LogP contribution in [0.5, 0.6) is 5.75 Å². The van der Waals surface area contributed by atoms with Gasteiger partial charge in [-0.05, 0) is 41.3 Å². The van der Waals surface area contributed by atoms with Gasteiger partial charge in [0.1, 0.15) is 11.6 Å². The number of hydrogen-bond acceptors (Lipinski definition) is 3. The van der Waals surface area contributed by atoms with Crippen LogP contribution in [0.15, 0.2) is 48.5 Å². The van der Waals surface area contributed by atoms with E-state index < -0.39 is 23.6 Å². The molecule has 1 atom stereocenters. The van der Waals surface area contributed by atoms with Gasteiger partial charge in [0.25, 0.3) is 5.91 Å². The zero-order chi connectivity index (χ0) is 19.1. The van der Waals surface area contributed by atoms with Crippen LogP contribution in [0.4, 0.5) is 4.39 Å². The van der Waals surface area contributed by atoms with E-state index in [0.717, 1.165) is 5.56 Å². The third kappa shape index (κ3) is 5.58. The summed E-state index contributed by atoms with van der Waals surface area (Å²) in [6.45, 7) is 3.81. The highest BCUT2D eigenvalue weighted by Crippen LogP contribution is 2.20. The van der Waals surface area contributed by atoms with E-state index in [1.54, 1.807) is 6.07 Å². The number of carbonyl (C=O) groups is 2. The van der Waals surface area contributed by atoms with Crippen molar-refractivity contribution in [1.29, 1.82) is 0 Å². The summed E-state index contributed by atoms with van der Waals surface area (Å²) in [5.74, 6) is -1.99. The Bertz CT molecular complexity index is 759. The van der Waals surface area contributed by atoms with Crippen molar-refractivity contribution >= 4 is 11.9 Å². The number of carboxylic acid groups (broad SMARTS) is 1. The maximum Gasteiger partial charge on any atom is 0.312 e. The quantitative estimate of drug-likeness (QED) is 0.758. The standard InChI is InChI=1S/C20H22FNO4/c1-13(2)15-4-3-5-17(10-15)26-12-19(23)22-11-18(20(24)25)14-6-8-16(21)9-7-14/h3-10,13,18H,11-12H2,1-2H3,(H,22,23)(H,24,25). The summed E-state index contributed by atoms with van der Waals surface area (Å²) in [4.78, 5) is 23.4. The molecule has 0 aliphatic rings. The van der Waals surface area contributed by atoms with E-state index in [4.69, 9.17) is 4.74 Å². The number of halogens is 1. The minimum atomic E-state index is -1.09. The van der Waals surface area contributed by atoms with Crippen LogP contribution >= 0.6 is 0 Å². The molecule has 0 bridgehead atoms. The van der Waals surface area contributed by atoms with Gasteiger partial charge in [0.2, 0.25) is 0 Å². The van der Waals surface area contributed by atoms with E-state index in [0.29, 0.717) is 17.2 Å². The number of ether oxygens (including phenoxy) is 1. The van der Waals surface area contributed by atoms with Gasteiger partial charge >= 0.3 is 5.97 Å². The molecule has 0 radical (unpaired) electrons. The Morgan fingerprint density at radius 1 is 1.12 bits per heavy atom. The molecule has 2 aromatic rings. The zero-order valence-electron chi connectivity index (χ0n) is 14.7. The Labute approximate surface area is 151 Å². The van der Waals surface area contributed by atoms with Crippen LogP contribution in [0.25, 0.3) is 0 Å². The number of nitrogens with one attached hydrogen (secondary N) is 1. The van der Waals surface area contributed by atoms with Crippen molar-refractivity contribution in [3.8, 4) is 5.75 Å². The Morgan fingerprint density at radius 2 is 1.81 bits per heavy atom. The molecule has 0 heterocycles. The fourth-order valence-electron chi connectivity index (χ4n) is 2.42. The number of carboxylic acids is 1. The van der Waals surface area contributed by atoms with Gasteiger partial charge in [-0.25, -0.2) is 4.39 Å². The monoisotopic (exact) mass is 359 g/mol. The Kier molecular flexibility index (Phi) is 6.72. The van der Waals surface area contributed by atoms with Crippen molar-refractivity contribution in [1.82, 2.24) is 5.32 Å². The Hall–Kier alpha value is -2.89. The SMILES string of the molecule is CC(C)c1cccc(OCC(=O)NCC(C(=O)O)c2ccc(F)cc2)c1. The number of benzene rings is 2. The molecule has 138 valence electrons. The minimum absolute atomic E-state index is 0.102. The molecule has 0 saturated carbocycles. The minimum Gasteiger partial charge on any atom is -0.484 e. The van der Waals surface area contributed by atoms with Crippen LogP contribution in [0, 0.1) is 5.82 Å². The summed E-state index contributed by atoms with van der Waals surface area (Å²) >= 11 is 0. The maximum atomic E-state index is 13.0. The van der Waals surface area contributed by atoms with E-state index in [-0.39, 0.29) is 13.2 Å². The first-order valence-electron chi connectivity index (χ1n) is 8.34. The molecule has 2 N–H and O–H groups in total. The molecular formula is C20H22FNO4. The molecule has 0 aromatic heterocycles. The molecule has 1 unspecified atom stereocenters. The molecule has 0 saturated heterocycles. The van der Waals surface area contributed by atoms with E-state index >= 15 is 0 Å². The molecule has 0 aliphatic heterocycles. The lowest BCUT2D eigenvalue weighted by molar-refractivity contribution is -0.138. The van der Waals surface area contributed by atoms with Gasteiger partial charge in [-0.1, -0.05) is 38.1 Å². The lowest BCUT2D eigenvalue weighted by atomic mass is 9.99. The summed E-state index contributed by atoms with van der Waals surface area (Å²) < 4.78 is 18.4. The molecule has 2 aromatic carbocycles. The van der Waals surface area contributed by atoms with Gasteiger partial charge in [0.05, 0.1) is 5.92 Å². The second kappa shape index (κ2) is 8.99. The molecular weight excluding hydrogens is 337 g/mol. The van der Waals surface area contributed by atoms with Crippen molar-refractivity contribution in [3.05, 3.63) is 65.5 Å². The fourth-order valence-corrected chi connectivity index (χ4v) is 2.42. The van der Waals surface area contributed by atoms with Crippen LogP contribution in [-0.2, 0) is 9.59 Å². The van der Waals surface area contributed by atoms with Crippen LogP contribution in [0.2, 0.25) is 0 Å². The highest BCUT2D eigenvalue weighted by atomic mass is 19.1. The normalized spacial score (nSPS) is 11.8. The van der Waals surface area contributed by atoms with Gasteiger partial charge in [0.15, 0.2) is 6.61 Å². The zero-order valence-corrected chi connectivity index (χ0v) is 14.7. The van der Waals surface area contributed by atoms with Gasteiger partial charge < -0.3 is 15.2 Å². The number of hydrogen-bond donors (Lipinski definition) is 2. The lowest BCUT2D eigenvalue weighted by Gasteiger charge is -2.14. The first kappa shape index (κ1) is 19.4. The molecule has 0 aliphatic carbocycles. The first-order chi connectivity index (χ1) is 12.4. The van der Waals surface area contributed by atoms with Crippen molar-refractivity contribution in [2.24, 2.45) is 0 Å². The van der Waals surface area contributed by atoms with E-state index in [9.17, 15) is 19.1 Å². The highest BCUT2D eigenvalue weighted by Gasteiger charge is 2.20. The van der Waals surface area contributed by atoms with Gasteiger partial charge in [-0.2, -0.15) is 0 Å². The second-order valence-electron chi connectivity index (χ2n) is 6.26. The summed E-state index contributed by atoms with van der Waals surface area (Å²) in [5.41, 5.74) is 1.52. The van der Waals surface area contributed by atoms with Crippen molar-refractivity contribution in [2.45, 2.75) is 25.7 Å². The van der Waals surface area contributed by atoms with Crippen LogP contribution in [0.3, 0.4) is 0 Å². The number of carbonyl (C=O) groups excluding carboxylic acids is 1. The molecule has 5 nitrogen and oxygen atoms in total. The summed E-state index contributed by atoms with van der Waals surface area (Å²) in [7, 11) is 0. The molecule has 1 amide bonds. The van der Waals surface area contributed by atoms with E-state index in [1.165, 1.54) is 24.3 Å². The molecule has 0 spiro atoms. The van der Waals surface area contributed by atoms with Crippen molar-refractivity contribution in [3.63, 3.8) is 0 Å². The smallest absolute Gasteiger partial charge is 0.312 e. The second-order valence-corrected chi connectivity index (χ2v) is 6.26. The van der Waals surface area contributed by atoms with Crippen LogP contribution in [-0.4, -0.2) is 30.1 Å². The van der Waals surface area contributed by atoms with Gasteiger partial charge in [-0.3, -0.25) is 9.59 Å². The highest BCUT2D eigenvalue weighted by molar-refractivity contribution is 5.80. The average Bonchev–Trinajstić information content (AvgIpc) is 2.61. The number of aliphatic carboxylic acids is 1. The van der Waals surface area contributed by atoms with E-state index in [2.05, 4.69) is 19.2 Å². The lowest BCUT2D eigenvalue weighted by Crippen LogP contribution is -2.34. The Morgan fingerprint density at radius 3 is 2.42 bits per heavy atom. The summed E-state index contributed by atoms with van der Waals surface area (Å²) in [6.07, 6.45) is 0. The molecule has 26 heavy (non-hydrogen) atoms. The summed E-state index contributed by atoms with van der Waals surface area (Å²) in [5, 5.41) is 11.9. The topological polar surface area (TPSA) is 75.6 Å². The maximum absolute atomic E-state index is 13.0. The largest absolute Gasteiger partial charge is 0.484 e. The number of amides is 1. The third-order valence-corrected chi connectivity index (χ3v) is 3.97. The molecule has 2 rings (SSSR count). The molecule has 6 heteroatoms. The van der Waals surface area contributed by atoms with Crippen molar-refractivity contribution < 1.29 is 23.8 Å². The van der Waals surface area contributed by atoms with Crippen LogP contribution < -0.4 is 10.1 Å². The summed E-state index contributed by atoms with van der Waals surface area (Å²) in [6, 6.07) is 12.7. The van der Waals surface area contributed by atoms with Crippen LogP contribution in [0.1, 0.15) is 36.8 Å². The predicted octanol–water partition coefficient (Wildman–Crippen LogP) is 3.31. The fraction of sp³-hybridized carbons (Fsp3) is 0.300. The van der Waals surface area contributed by atoms with Gasteiger partial charge in [-0.15, -0.1) is 0 Å². The third-order valence-electron chi connectivity index (χ3n) is 3.97. The average molecular weight is 359 g/mol. The predicted molar refractivity (Wildman–Crippen MR) is 95.8 cm³/mol.